The number of rotatable bonds is 11. The number of nitrogens with one attached hydrogen (secondary N) is 3. The minimum Gasteiger partial charge on any atom is -0.497 e. The molecule has 34 heavy (non-hydrogen) atoms. The van der Waals surface area contributed by atoms with Crippen molar-refractivity contribution < 1.29 is 27.4 Å². The van der Waals surface area contributed by atoms with Crippen LogP contribution in [0.1, 0.15) is 21.6 Å². The van der Waals surface area contributed by atoms with Crippen molar-refractivity contribution in [2.75, 3.05) is 31.4 Å². The van der Waals surface area contributed by atoms with E-state index in [1.165, 1.54) is 13.2 Å². The number of anilines is 2. The van der Waals surface area contributed by atoms with Crippen molar-refractivity contribution in [3.63, 3.8) is 0 Å². The largest absolute Gasteiger partial charge is 0.497 e. The molecule has 10 nitrogen and oxygen atoms in total. The van der Waals surface area contributed by atoms with Crippen molar-refractivity contribution in [1.82, 2.24) is 10.2 Å². The normalized spacial score (nSPS) is 10.9. The topological polar surface area (TPSA) is 132 Å². The highest BCUT2D eigenvalue weighted by molar-refractivity contribution is 7.95. The van der Waals surface area contributed by atoms with E-state index in [0.717, 1.165) is 16.7 Å². The van der Waals surface area contributed by atoms with Gasteiger partial charge in [-0.3, -0.25) is 14.6 Å². The summed E-state index contributed by atoms with van der Waals surface area (Å²) in [6, 6.07) is 11.9. The summed E-state index contributed by atoms with van der Waals surface area (Å²) in [4.78, 5) is 13.0. The lowest BCUT2D eigenvalue weighted by molar-refractivity contribution is 0.102. The molecule has 2 aromatic carbocycles. The average Bonchev–Trinajstić information content (AvgIpc) is 3.29. The standard InChI is InChI=1S/C23H26N4O6S/c1-5-34(29,30)27-19-7-6-8-20(33-4)22(19)23(28)24-21-13-16(25-26-21)10-9-15-11-17(31-2)14-18(12-15)32-3/h5-8,11-14,27H,1,9-10H2,2-4H3,(H2,24,25,26,28). The van der Waals surface area contributed by atoms with Gasteiger partial charge in [0.15, 0.2) is 5.82 Å². The second-order valence-electron chi connectivity index (χ2n) is 7.15. The molecule has 0 aliphatic heterocycles. The number of nitrogens with zero attached hydrogens (tertiary/aromatic N) is 1. The summed E-state index contributed by atoms with van der Waals surface area (Å²) in [6.07, 6.45) is 1.31. The number of H-pyrrole nitrogens is 1. The molecule has 0 atom stereocenters. The van der Waals surface area contributed by atoms with Gasteiger partial charge in [-0.05, 0) is 42.7 Å². The van der Waals surface area contributed by atoms with Crippen molar-refractivity contribution >= 4 is 27.4 Å². The van der Waals surface area contributed by atoms with Crippen molar-refractivity contribution in [3.05, 3.63) is 71.3 Å². The summed E-state index contributed by atoms with van der Waals surface area (Å²) in [5.74, 6) is 1.30. The molecule has 3 rings (SSSR count). The van der Waals surface area contributed by atoms with Crippen molar-refractivity contribution in [3.8, 4) is 17.2 Å². The molecular formula is C23H26N4O6S. The van der Waals surface area contributed by atoms with E-state index in [4.69, 9.17) is 14.2 Å². The zero-order valence-electron chi connectivity index (χ0n) is 19.0. The second-order valence-corrected chi connectivity index (χ2v) is 8.78. The van der Waals surface area contributed by atoms with Gasteiger partial charge in [0.1, 0.15) is 22.8 Å². The molecule has 0 bridgehead atoms. The summed E-state index contributed by atoms with van der Waals surface area (Å²) >= 11 is 0. The molecule has 3 aromatic rings. The second kappa shape index (κ2) is 10.8. The first-order chi connectivity index (χ1) is 16.3. The lowest BCUT2D eigenvalue weighted by Crippen LogP contribution is -2.18. The Balaban J connectivity index is 1.74. The third kappa shape index (κ3) is 6.07. The van der Waals surface area contributed by atoms with Gasteiger partial charge >= 0.3 is 0 Å². The van der Waals surface area contributed by atoms with Gasteiger partial charge < -0.3 is 19.5 Å². The van der Waals surface area contributed by atoms with E-state index in [-0.39, 0.29) is 22.8 Å². The number of ether oxygens (including phenoxy) is 3. The molecule has 0 saturated carbocycles. The van der Waals surface area contributed by atoms with Gasteiger partial charge in [0, 0.05) is 23.2 Å². The number of hydrogen-bond acceptors (Lipinski definition) is 7. The Bertz CT molecular complexity index is 1260. The van der Waals surface area contributed by atoms with Gasteiger partial charge in [0.05, 0.1) is 27.0 Å². The predicted octanol–water partition coefficient (Wildman–Crippen LogP) is 3.36. The molecule has 1 aromatic heterocycles. The SMILES string of the molecule is C=CS(=O)(=O)Nc1cccc(OC)c1C(=O)Nc1cc(CCc2cc(OC)cc(OC)c2)[nH]n1. The Morgan fingerprint density at radius 3 is 2.38 bits per heavy atom. The smallest absolute Gasteiger partial charge is 0.262 e. The van der Waals surface area contributed by atoms with Crippen molar-refractivity contribution in [2.24, 2.45) is 0 Å². The first kappa shape index (κ1) is 24.6. The summed E-state index contributed by atoms with van der Waals surface area (Å²) in [6.45, 7) is 3.26. The molecular weight excluding hydrogens is 460 g/mol. The quantitative estimate of drug-likeness (QED) is 0.379. The number of benzene rings is 2. The molecule has 0 fully saturated rings. The Morgan fingerprint density at radius 2 is 1.76 bits per heavy atom. The van der Waals surface area contributed by atoms with Crippen LogP contribution in [0.5, 0.6) is 17.2 Å². The van der Waals surface area contributed by atoms with Gasteiger partial charge in [-0.15, -0.1) is 0 Å². The van der Waals surface area contributed by atoms with Crippen molar-refractivity contribution in [2.45, 2.75) is 12.8 Å². The molecule has 0 aliphatic carbocycles. The van der Waals surface area contributed by atoms with E-state index in [1.54, 1.807) is 38.5 Å². The van der Waals surface area contributed by atoms with Crippen LogP contribution < -0.4 is 24.2 Å². The molecule has 180 valence electrons. The van der Waals surface area contributed by atoms with Crippen LogP contribution in [0.3, 0.4) is 0 Å². The Morgan fingerprint density at radius 1 is 1.06 bits per heavy atom. The highest BCUT2D eigenvalue weighted by Crippen LogP contribution is 2.28. The van der Waals surface area contributed by atoms with Crippen molar-refractivity contribution in [1.29, 1.82) is 0 Å². The molecule has 1 heterocycles. The lowest BCUT2D eigenvalue weighted by atomic mass is 10.1. The van der Waals surface area contributed by atoms with Gasteiger partial charge in [0.2, 0.25) is 0 Å². The zero-order valence-corrected chi connectivity index (χ0v) is 19.9. The van der Waals surface area contributed by atoms with Crippen LogP contribution in [-0.4, -0.2) is 45.9 Å². The van der Waals surface area contributed by atoms with Crippen LogP contribution >= 0.6 is 0 Å². The summed E-state index contributed by atoms with van der Waals surface area (Å²) in [5, 5.41) is 10.5. The number of aryl methyl sites for hydroxylation is 2. The number of carbonyl (C=O) groups excluding carboxylic acids is 1. The molecule has 0 saturated heterocycles. The maximum atomic E-state index is 13.0. The molecule has 0 aliphatic rings. The Hall–Kier alpha value is -3.99. The van der Waals surface area contributed by atoms with Gasteiger partial charge in [-0.2, -0.15) is 5.10 Å². The average molecular weight is 487 g/mol. The number of aromatic nitrogens is 2. The first-order valence-electron chi connectivity index (χ1n) is 10.2. The predicted molar refractivity (Wildman–Crippen MR) is 129 cm³/mol. The molecule has 0 unspecified atom stereocenters. The molecule has 11 heteroatoms. The van der Waals surface area contributed by atoms with E-state index < -0.39 is 15.9 Å². The highest BCUT2D eigenvalue weighted by Gasteiger charge is 2.21. The fourth-order valence-corrected chi connectivity index (χ4v) is 3.80. The monoisotopic (exact) mass is 486 g/mol. The van der Waals surface area contributed by atoms with E-state index in [2.05, 4.69) is 26.8 Å². The maximum Gasteiger partial charge on any atom is 0.262 e. The number of amides is 1. The molecule has 0 spiro atoms. The fraction of sp³-hybridized carbons (Fsp3) is 0.217. The van der Waals surface area contributed by atoms with Gasteiger partial charge in [-0.25, -0.2) is 8.42 Å². The van der Waals surface area contributed by atoms with Crippen LogP contribution in [0, 0.1) is 0 Å². The summed E-state index contributed by atoms with van der Waals surface area (Å²) < 4.78 is 42.0. The minimum atomic E-state index is -3.83. The van der Waals surface area contributed by atoms with Crippen LogP contribution in [0.25, 0.3) is 0 Å². The highest BCUT2D eigenvalue weighted by atomic mass is 32.2. The third-order valence-electron chi connectivity index (χ3n) is 4.91. The first-order valence-corrected chi connectivity index (χ1v) is 11.7. The lowest BCUT2D eigenvalue weighted by Gasteiger charge is -2.13. The Kier molecular flexibility index (Phi) is 7.79. The van der Waals surface area contributed by atoms with Crippen LogP contribution in [0.2, 0.25) is 0 Å². The zero-order chi connectivity index (χ0) is 24.7. The van der Waals surface area contributed by atoms with E-state index in [9.17, 15) is 13.2 Å². The number of aromatic amines is 1. The molecule has 0 radical (unpaired) electrons. The minimum absolute atomic E-state index is 0.0171. The summed E-state index contributed by atoms with van der Waals surface area (Å²) in [7, 11) is 0.750. The number of methoxy groups -OCH3 is 3. The van der Waals surface area contributed by atoms with Crippen LogP contribution in [-0.2, 0) is 22.9 Å². The van der Waals surface area contributed by atoms with E-state index in [1.807, 2.05) is 12.1 Å². The van der Waals surface area contributed by atoms with Gasteiger partial charge in [0.25, 0.3) is 15.9 Å². The molecule has 1 amide bonds. The summed E-state index contributed by atoms with van der Waals surface area (Å²) in [5.41, 5.74) is 1.89. The number of hydrogen-bond donors (Lipinski definition) is 3. The van der Waals surface area contributed by atoms with E-state index >= 15 is 0 Å². The molecule has 3 N–H and O–H groups in total. The maximum absolute atomic E-state index is 13.0. The third-order valence-corrected chi connectivity index (χ3v) is 5.85. The number of carbonyl (C=O) groups is 1. The van der Waals surface area contributed by atoms with E-state index in [0.29, 0.717) is 24.3 Å². The van der Waals surface area contributed by atoms with Gasteiger partial charge in [-0.1, -0.05) is 12.6 Å². The number of sulfonamides is 1. The fourth-order valence-electron chi connectivity index (χ4n) is 3.24. The Labute approximate surface area is 198 Å². The van der Waals surface area contributed by atoms with Crippen LogP contribution in [0.15, 0.2) is 54.5 Å². The van der Waals surface area contributed by atoms with Crippen LogP contribution in [0.4, 0.5) is 11.5 Å².